The van der Waals surface area contributed by atoms with Crippen LogP contribution < -0.4 is 5.32 Å². The number of aromatic carboxylic acids is 1. The summed E-state index contributed by atoms with van der Waals surface area (Å²) in [5.41, 5.74) is 0.395. The van der Waals surface area contributed by atoms with E-state index < -0.39 is 11.9 Å². The van der Waals surface area contributed by atoms with Gasteiger partial charge in [0.05, 0.1) is 5.56 Å². The molecule has 0 fully saturated rings. The van der Waals surface area contributed by atoms with Crippen LogP contribution >= 0.6 is 27.5 Å². The quantitative estimate of drug-likeness (QED) is 0.891. The minimum absolute atomic E-state index is 0.0434. The van der Waals surface area contributed by atoms with E-state index in [1.807, 2.05) is 0 Å². The smallest absolute Gasteiger partial charge is 0.335 e. The van der Waals surface area contributed by atoms with Crippen LogP contribution in [0.1, 0.15) is 20.9 Å². The van der Waals surface area contributed by atoms with Crippen LogP contribution in [0.15, 0.2) is 39.2 Å². The van der Waals surface area contributed by atoms with E-state index in [1.54, 1.807) is 6.07 Å². The Morgan fingerprint density at radius 1 is 1.26 bits per heavy atom. The molecule has 0 saturated carbocycles. The topological polar surface area (TPSA) is 79.5 Å². The molecule has 1 heterocycles. The molecule has 0 aliphatic rings. The van der Waals surface area contributed by atoms with Gasteiger partial charge in [-0.2, -0.15) is 0 Å². The van der Waals surface area contributed by atoms with Crippen molar-refractivity contribution in [3.8, 4) is 0 Å². The minimum atomic E-state index is -1.09. The first-order chi connectivity index (χ1) is 8.95. The number of benzene rings is 1. The van der Waals surface area contributed by atoms with Gasteiger partial charge in [-0.25, -0.2) is 4.79 Å². The first-order valence-electron chi connectivity index (χ1n) is 5.06. The van der Waals surface area contributed by atoms with Gasteiger partial charge in [-0.05, 0) is 41.9 Å². The number of hydrogen-bond donors (Lipinski definition) is 2. The van der Waals surface area contributed by atoms with E-state index in [0.717, 1.165) is 0 Å². The summed E-state index contributed by atoms with van der Waals surface area (Å²) in [6.45, 7) is 0. The maximum absolute atomic E-state index is 11.8. The first-order valence-corrected chi connectivity index (χ1v) is 6.23. The summed E-state index contributed by atoms with van der Waals surface area (Å²) in [5.74, 6) is -1.55. The van der Waals surface area contributed by atoms with Gasteiger partial charge in [0.1, 0.15) is 0 Å². The SMILES string of the molecule is O=C(O)c1cc(Br)cc(NC(=O)c2ccc(Cl)o2)c1. The third kappa shape index (κ3) is 3.36. The Hall–Kier alpha value is -1.79. The van der Waals surface area contributed by atoms with Crippen molar-refractivity contribution in [2.45, 2.75) is 0 Å². The number of furan rings is 1. The zero-order valence-electron chi connectivity index (χ0n) is 9.31. The molecule has 1 aromatic carbocycles. The molecule has 7 heteroatoms. The molecular weight excluding hydrogens is 337 g/mol. The third-order valence-corrected chi connectivity index (χ3v) is 2.86. The second-order valence-corrected chi connectivity index (χ2v) is 4.88. The number of anilines is 1. The van der Waals surface area contributed by atoms with E-state index >= 15 is 0 Å². The number of amides is 1. The highest BCUT2D eigenvalue weighted by Gasteiger charge is 2.12. The number of hydrogen-bond acceptors (Lipinski definition) is 3. The van der Waals surface area contributed by atoms with E-state index in [0.29, 0.717) is 10.2 Å². The highest BCUT2D eigenvalue weighted by molar-refractivity contribution is 9.10. The molecule has 2 rings (SSSR count). The van der Waals surface area contributed by atoms with Gasteiger partial charge < -0.3 is 14.8 Å². The van der Waals surface area contributed by atoms with E-state index in [4.69, 9.17) is 21.1 Å². The van der Waals surface area contributed by atoms with Crippen molar-refractivity contribution in [2.24, 2.45) is 0 Å². The van der Waals surface area contributed by atoms with Crippen LogP contribution in [-0.4, -0.2) is 17.0 Å². The zero-order chi connectivity index (χ0) is 14.0. The predicted molar refractivity (Wildman–Crippen MR) is 72.8 cm³/mol. The summed E-state index contributed by atoms with van der Waals surface area (Å²) in [5, 5.41) is 11.5. The second-order valence-electron chi connectivity index (χ2n) is 3.59. The molecule has 0 saturated heterocycles. The molecule has 98 valence electrons. The highest BCUT2D eigenvalue weighted by atomic mass is 79.9. The summed E-state index contributed by atoms with van der Waals surface area (Å²) in [7, 11) is 0. The fourth-order valence-electron chi connectivity index (χ4n) is 1.41. The highest BCUT2D eigenvalue weighted by Crippen LogP contribution is 2.21. The second kappa shape index (κ2) is 5.46. The molecule has 19 heavy (non-hydrogen) atoms. The molecule has 5 nitrogen and oxygen atoms in total. The van der Waals surface area contributed by atoms with Crippen molar-refractivity contribution in [3.05, 3.63) is 51.3 Å². The van der Waals surface area contributed by atoms with E-state index in [2.05, 4.69) is 21.2 Å². The van der Waals surface area contributed by atoms with Gasteiger partial charge in [0, 0.05) is 10.2 Å². The number of halogens is 2. The van der Waals surface area contributed by atoms with E-state index in [9.17, 15) is 9.59 Å². The zero-order valence-corrected chi connectivity index (χ0v) is 11.7. The van der Waals surface area contributed by atoms with Gasteiger partial charge >= 0.3 is 5.97 Å². The lowest BCUT2D eigenvalue weighted by atomic mass is 10.2. The number of carbonyl (C=O) groups excluding carboxylic acids is 1. The summed E-state index contributed by atoms with van der Waals surface area (Å²) in [4.78, 5) is 22.7. The maximum atomic E-state index is 11.8. The molecular formula is C12H7BrClNO4. The first kappa shape index (κ1) is 13.6. The molecule has 0 aliphatic heterocycles. The fraction of sp³-hybridized carbons (Fsp3) is 0. The van der Waals surface area contributed by atoms with Gasteiger partial charge in [-0.3, -0.25) is 4.79 Å². The third-order valence-electron chi connectivity index (χ3n) is 2.20. The molecule has 0 spiro atoms. The number of rotatable bonds is 3. The molecule has 2 N–H and O–H groups in total. The summed E-state index contributed by atoms with van der Waals surface area (Å²) in [6.07, 6.45) is 0. The molecule has 1 amide bonds. The molecule has 2 aromatic rings. The van der Waals surface area contributed by atoms with Gasteiger partial charge in [-0.15, -0.1) is 0 Å². The van der Waals surface area contributed by atoms with Crippen LogP contribution in [-0.2, 0) is 0 Å². The van der Waals surface area contributed by atoms with Crippen molar-refractivity contribution in [2.75, 3.05) is 5.32 Å². The van der Waals surface area contributed by atoms with Crippen molar-refractivity contribution in [3.63, 3.8) is 0 Å². The van der Waals surface area contributed by atoms with Gasteiger partial charge in [0.2, 0.25) is 0 Å². The standard InChI is InChI=1S/C12H7BrClNO4/c13-7-3-6(12(17)18)4-8(5-7)15-11(16)9-1-2-10(14)19-9/h1-5H,(H,15,16)(H,17,18). The normalized spacial score (nSPS) is 10.2. The Bertz CT molecular complexity index is 653. The van der Waals surface area contributed by atoms with Crippen LogP contribution in [0.5, 0.6) is 0 Å². The maximum Gasteiger partial charge on any atom is 0.335 e. The average molecular weight is 345 g/mol. The van der Waals surface area contributed by atoms with Gasteiger partial charge in [0.15, 0.2) is 11.0 Å². The minimum Gasteiger partial charge on any atom is -0.478 e. The Morgan fingerprint density at radius 3 is 2.58 bits per heavy atom. The van der Waals surface area contributed by atoms with Gasteiger partial charge in [-0.1, -0.05) is 15.9 Å². The predicted octanol–water partition coefficient (Wildman–Crippen LogP) is 3.65. The van der Waals surface area contributed by atoms with Crippen LogP contribution in [0.4, 0.5) is 5.69 Å². The lowest BCUT2D eigenvalue weighted by Gasteiger charge is -2.05. The molecule has 0 aliphatic carbocycles. The van der Waals surface area contributed by atoms with Crippen molar-refractivity contribution in [1.82, 2.24) is 0 Å². The molecule has 0 unspecified atom stereocenters. The Morgan fingerprint density at radius 2 is 2.00 bits per heavy atom. The fourth-order valence-corrected chi connectivity index (χ4v) is 2.05. The van der Waals surface area contributed by atoms with Crippen molar-refractivity contribution in [1.29, 1.82) is 0 Å². The van der Waals surface area contributed by atoms with Crippen LogP contribution in [0.3, 0.4) is 0 Å². The van der Waals surface area contributed by atoms with Crippen LogP contribution in [0.25, 0.3) is 0 Å². The van der Waals surface area contributed by atoms with E-state index in [-0.39, 0.29) is 16.5 Å². The number of carboxylic acid groups (broad SMARTS) is 1. The Labute approximate surface area is 121 Å². The van der Waals surface area contributed by atoms with Crippen LogP contribution in [0.2, 0.25) is 5.22 Å². The summed E-state index contributed by atoms with van der Waals surface area (Å²) >= 11 is 8.74. The van der Waals surface area contributed by atoms with Crippen molar-refractivity contribution >= 4 is 45.1 Å². The number of carbonyl (C=O) groups is 2. The van der Waals surface area contributed by atoms with Crippen LogP contribution in [0, 0.1) is 0 Å². The Kier molecular flexibility index (Phi) is 3.92. The lowest BCUT2D eigenvalue weighted by molar-refractivity contribution is 0.0696. The van der Waals surface area contributed by atoms with Gasteiger partial charge in [0.25, 0.3) is 5.91 Å². The number of nitrogens with one attached hydrogen (secondary N) is 1. The number of carboxylic acids is 1. The Balaban J connectivity index is 2.23. The lowest BCUT2D eigenvalue weighted by Crippen LogP contribution is -2.11. The molecule has 1 aromatic heterocycles. The van der Waals surface area contributed by atoms with Crippen molar-refractivity contribution < 1.29 is 19.1 Å². The molecule has 0 bridgehead atoms. The summed E-state index contributed by atoms with van der Waals surface area (Å²) < 4.78 is 5.49. The molecule has 0 atom stereocenters. The van der Waals surface area contributed by atoms with E-state index in [1.165, 1.54) is 24.3 Å². The molecule has 0 radical (unpaired) electrons. The monoisotopic (exact) mass is 343 g/mol. The average Bonchev–Trinajstić information content (AvgIpc) is 2.75. The summed E-state index contributed by atoms with van der Waals surface area (Å²) in [6, 6.07) is 7.22. The largest absolute Gasteiger partial charge is 0.478 e.